The fourth-order valence-corrected chi connectivity index (χ4v) is 6.31. The van der Waals surface area contributed by atoms with Crippen LogP contribution in [0, 0.1) is 0 Å². The summed E-state index contributed by atoms with van der Waals surface area (Å²) in [5, 5.41) is 0.0815. The molecule has 2 heteroatoms. The highest BCUT2D eigenvalue weighted by atomic mass is 15.1. The minimum absolute atomic E-state index is 0.0117. The number of nitrogens with zero attached hydrogens (tertiary/aromatic N) is 2. The molecule has 220 valence electrons. The van der Waals surface area contributed by atoms with E-state index in [-0.39, 0.29) is 43.8 Å². The summed E-state index contributed by atoms with van der Waals surface area (Å²) in [6.45, 7) is 0. The summed E-state index contributed by atoms with van der Waals surface area (Å²) in [7, 11) is 0. The second kappa shape index (κ2) is 11.3. The number of benzene rings is 8. The van der Waals surface area contributed by atoms with E-state index in [1.165, 1.54) is 12.1 Å². The van der Waals surface area contributed by atoms with E-state index in [4.69, 9.17) is 17.3 Å². The van der Waals surface area contributed by atoms with Gasteiger partial charge in [0, 0.05) is 11.1 Å². The van der Waals surface area contributed by atoms with E-state index < -0.39 is 78.6 Å². The Bertz CT molecular complexity index is 3180. The normalized spacial score (nSPS) is 15.3. The monoisotopic (exact) mass is 611 g/mol. The summed E-state index contributed by atoms with van der Waals surface area (Å²) in [5.74, 6) is 0.581. The lowest BCUT2D eigenvalue weighted by atomic mass is 9.85. The van der Waals surface area contributed by atoms with Crippen molar-refractivity contribution in [3.8, 4) is 50.5 Å². The molecule has 0 atom stereocenters. The van der Waals surface area contributed by atoms with E-state index >= 15 is 0 Å². The van der Waals surface area contributed by atoms with Crippen molar-refractivity contribution in [2.45, 2.75) is 0 Å². The van der Waals surface area contributed by atoms with Crippen LogP contribution in [0.25, 0.3) is 83.0 Å². The molecule has 1 heterocycles. The third kappa shape index (κ3) is 4.54. The summed E-state index contributed by atoms with van der Waals surface area (Å²) in [5.41, 5.74) is 4.02. The second-order valence-corrected chi connectivity index (χ2v) is 11.0. The van der Waals surface area contributed by atoms with E-state index in [1.54, 1.807) is 24.3 Å². The molecule has 0 bridgehead atoms. The molecule has 0 N–H and O–H groups in total. The lowest BCUT2D eigenvalue weighted by Crippen LogP contribution is -2.01. The molecule has 1 aromatic heterocycles. The predicted molar refractivity (Wildman–Crippen MR) is 198 cm³/mol. The Labute approximate surface area is 292 Å². The summed E-state index contributed by atoms with van der Waals surface area (Å²) >= 11 is 0. The molecule has 0 fully saturated rings. The number of rotatable bonds is 5. The van der Waals surface area contributed by atoms with Gasteiger partial charge in [0.2, 0.25) is 0 Å². The highest BCUT2D eigenvalue weighted by molar-refractivity contribution is 6.22. The van der Waals surface area contributed by atoms with Crippen LogP contribution < -0.4 is 0 Å². The summed E-state index contributed by atoms with van der Waals surface area (Å²) in [6.07, 6.45) is 0. The SMILES string of the molecule is [2H]c1c([2H])c([2H])c(-c2ccc(-c3c4c([2H])c([2H])c([2H])c([2H])c4c(-c4ccccc4-n4c(-c5ccccc5)nc5ccccc54)c4c([2H])c([2H])c([2H])c([2H])c34)cc2)c([2H])c1[2H]. The maximum absolute atomic E-state index is 9.48. The molecule has 0 saturated heterocycles. The van der Waals surface area contributed by atoms with Gasteiger partial charge in [-0.25, -0.2) is 4.98 Å². The van der Waals surface area contributed by atoms with E-state index in [0.717, 1.165) is 11.1 Å². The molecule has 9 aromatic rings. The topological polar surface area (TPSA) is 17.8 Å². The molecule has 8 aromatic carbocycles. The van der Waals surface area contributed by atoms with Gasteiger partial charge >= 0.3 is 0 Å². The average Bonchev–Trinajstić information content (AvgIpc) is 3.66. The second-order valence-electron chi connectivity index (χ2n) is 11.0. The van der Waals surface area contributed by atoms with Crippen molar-refractivity contribution in [3.63, 3.8) is 0 Å². The van der Waals surface area contributed by atoms with Gasteiger partial charge in [-0.15, -0.1) is 0 Å². The van der Waals surface area contributed by atoms with E-state index in [2.05, 4.69) is 0 Å². The fourth-order valence-electron chi connectivity index (χ4n) is 6.31. The molecular weight excluding hydrogens is 569 g/mol. The first-order chi connectivity index (χ1) is 28.7. The number of para-hydroxylation sites is 3. The summed E-state index contributed by atoms with van der Waals surface area (Å²) in [4.78, 5) is 5.01. The van der Waals surface area contributed by atoms with Crippen LogP contribution in [0.5, 0.6) is 0 Å². The minimum Gasteiger partial charge on any atom is -0.292 e. The Morgan fingerprint density at radius 2 is 0.979 bits per heavy atom. The van der Waals surface area contributed by atoms with Crippen LogP contribution in [0.1, 0.15) is 17.8 Å². The first-order valence-corrected chi connectivity index (χ1v) is 15.0. The van der Waals surface area contributed by atoms with Gasteiger partial charge in [-0.05, 0) is 67.6 Å². The van der Waals surface area contributed by atoms with Crippen molar-refractivity contribution in [1.29, 1.82) is 0 Å². The smallest absolute Gasteiger partial charge is 0.145 e. The van der Waals surface area contributed by atoms with Gasteiger partial charge in [-0.1, -0.05) is 163 Å². The zero-order valence-corrected chi connectivity index (χ0v) is 24.7. The molecule has 0 aliphatic carbocycles. The molecule has 0 aliphatic heterocycles. The molecule has 0 saturated carbocycles. The molecule has 9 rings (SSSR count). The Balaban J connectivity index is 1.45. The van der Waals surface area contributed by atoms with Crippen LogP contribution in [-0.2, 0) is 0 Å². The van der Waals surface area contributed by atoms with Crippen molar-refractivity contribution in [2.75, 3.05) is 0 Å². The number of hydrogen-bond acceptors (Lipinski definition) is 1. The van der Waals surface area contributed by atoms with E-state index in [9.17, 15) is 5.48 Å². The van der Waals surface area contributed by atoms with Crippen molar-refractivity contribution in [1.82, 2.24) is 9.55 Å². The average molecular weight is 612 g/mol. The van der Waals surface area contributed by atoms with Gasteiger partial charge in [0.05, 0.1) is 34.5 Å². The van der Waals surface area contributed by atoms with Crippen LogP contribution in [0.2, 0.25) is 0 Å². The molecule has 0 spiro atoms. The Morgan fingerprint density at radius 1 is 0.426 bits per heavy atom. The number of hydrogen-bond donors (Lipinski definition) is 0. The zero-order valence-electron chi connectivity index (χ0n) is 37.7. The van der Waals surface area contributed by atoms with Gasteiger partial charge in [0.25, 0.3) is 0 Å². The van der Waals surface area contributed by atoms with Crippen LogP contribution >= 0.6 is 0 Å². The molecule has 0 unspecified atom stereocenters. The number of imidazole rings is 1. The highest BCUT2D eigenvalue weighted by Crippen LogP contribution is 2.46. The predicted octanol–water partition coefficient (Wildman–Crippen LogP) is 12.0. The van der Waals surface area contributed by atoms with Gasteiger partial charge in [0.15, 0.2) is 0 Å². The molecule has 0 radical (unpaired) electrons. The van der Waals surface area contributed by atoms with Crippen molar-refractivity contribution in [2.24, 2.45) is 0 Å². The van der Waals surface area contributed by atoms with Crippen molar-refractivity contribution >= 4 is 32.6 Å². The van der Waals surface area contributed by atoms with E-state index in [1.807, 2.05) is 71.3 Å². The van der Waals surface area contributed by atoms with Gasteiger partial charge in [0.1, 0.15) is 5.82 Å². The summed E-state index contributed by atoms with van der Waals surface area (Å²) in [6, 6.07) is 24.3. The molecular formula is C45H30N2. The molecule has 0 aliphatic rings. The lowest BCUT2D eigenvalue weighted by Gasteiger charge is -2.21. The third-order valence-corrected chi connectivity index (χ3v) is 8.34. The molecule has 47 heavy (non-hydrogen) atoms. The minimum atomic E-state index is -0.545. The standard InChI is InChI=1S/C45H30N2/c1-3-15-31(16-4-1)32-27-29-33(30-28-32)43-35-19-7-9-21-37(35)44(38-22-10-8-20-36(38)43)39-23-11-13-25-41(39)47-42-26-14-12-24-40(42)46-45(47)34-17-5-2-6-18-34/h1-30H/i1D,3D,4D,7D,8D,9D,10D,15D,16D,19D,20D,21D,22D. The lowest BCUT2D eigenvalue weighted by molar-refractivity contribution is 1.10. The molecule has 0 amide bonds. The van der Waals surface area contributed by atoms with Crippen LogP contribution in [0.4, 0.5) is 0 Å². The highest BCUT2D eigenvalue weighted by Gasteiger charge is 2.21. The van der Waals surface area contributed by atoms with Gasteiger partial charge in [-0.2, -0.15) is 0 Å². The van der Waals surface area contributed by atoms with Gasteiger partial charge < -0.3 is 0 Å². The Kier molecular flexibility index (Phi) is 4.05. The quantitative estimate of drug-likeness (QED) is 0.177. The molecule has 2 nitrogen and oxygen atoms in total. The third-order valence-electron chi connectivity index (χ3n) is 8.34. The number of aromatic nitrogens is 2. The first-order valence-electron chi connectivity index (χ1n) is 21.5. The van der Waals surface area contributed by atoms with Crippen LogP contribution in [0.15, 0.2) is 182 Å². The summed E-state index contributed by atoms with van der Waals surface area (Å²) < 4.78 is 117. The van der Waals surface area contributed by atoms with Gasteiger partial charge in [-0.3, -0.25) is 4.57 Å². The van der Waals surface area contributed by atoms with Crippen molar-refractivity contribution < 1.29 is 17.8 Å². The van der Waals surface area contributed by atoms with E-state index in [0.29, 0.717) is 28.2 Å². The maximum atomic E-state index is 9.48. The number of fused-ring (bicyclic) bond motifs is 3. The Hall–Kier alpha value is -6.25. The zero-order chi connectivity index (χ0) is 42.5. The van der Waals surface area contributed by atoms with Crippen LogP contribution in [-0.4, -0.2) is 9.55 Å². The van der Waals surface area contributed by atoms with Crippen molar-refractivity contribution in [3.05, 3.63) is 182 Å². The van der Waals surface area contributed by atoms with Crippen LogP contribution in [0.3, 0.4) is 0 Å². The largest absolute Gasteiger partial charge is 0.292 e. The Morgan fingerprint density at radius 3 is 1.68 bits per heavy atom. The fraction of sp³-hybridized carbons (Fsp3) is 0. The maximum Gasteiger partial charge on any atom is 0.145 e. The first kappa shape index (κ1) is 16.9.